The van der Waals surface area contributed by atoms with Crippen molar-refractivity contribution in [2.24, 2.45) is 0 Å². The molecule has 15 aromatic carbocycles. The Hall–Kier alpha value is -13.7. The van der Waals surface area contributed by atoms with E-state index in [0.29, 0.717) is 17.5 Å². The summed E-state index contributed by atoms with van der Waals surface area (Å²) in [6.45, 7) is 40.2. The van der Waals surface area contributed by atoms with Crippen LogP contribution >= 0.6 is 0 Å². The smallest absolute Gasteiger partial charge is 0.252 e. The van der Waals surface area contributed by atoms with Crippen LogP contribution in [0, 0.1) is 62.3 Å². The fraction of sp³-hybridized carbons (Fsp3) is 0.184. The summed E-state index contributed by atoms with van der Waals surface area (Å²) >= 11 is 0. The maximum Gasteiger partial charge on any atom is 0.252 e. The third-order valence-corrected chi connectivity index (χ3v) is 27.4. The quantitative estimate of drug-likeness (QED) is 0.132. The lowest BCUT2D eigenvalue weighted by molar-refractivity contribution is 0.590. The molecule has 6 aliphatic rings. The Morgan fingerprint density at radius 2 is 0.365 bits per heavy atom. The van der Waals surface area contributed by atoms with Gasteiger partial charge in [0.25, 0.3) is 20.1 Å². The van der Waals surface area contributed by atoms with Gasteiger partial charge in [0.2, 0.25) is 0 Å². The summed E-state index contributed by atoms with van der Waals surface area (Å²) in [5.74, 6) is 1.74. The van der Waals surface area contributed by atoms with Gasteiger partial charge >= 0.3 is 0 Å². The summed E-state index contributed by atoms with van der Waals surface area (Å²) in [6, 6.07) is 112. The number of anilines is 18. The van der Waals surface area contributed by atoms with E-state index in [0.717, 1.165) is 84.9 Å². The lowest BCUT2D eigenvalue weighted by Gasteiger charge is -2.44. The highest BCUT2D eigenvalue weighted by molar-refractivity contribution is 7.02. The van der Waals surface area contributed by atoms with Gasteiger partial charge in [0, 0.05) is 119 Å². The Balaban J connectivity index is 0.804. The van der Waals surface area contributed by atoms with Gasteiger partial charge in [0.15, 0.2) is 17.5 Å². The molecule has 0 saturated carbocycles. The Labute approximate surface area is 744 Å². The summed E-state index contributed by atoms with van der Waals surface area (Å²) in [7, 11) is 0. The zero-order valence-electron chi connectivity index (χ0n) is 75.5. The van der Waals surface area contributed by atoms with E-state index in [4.69, 9.17) is 15.0 Å². The van der Waals surface area contributed by atoms with Crippen LogP contribution in [0.15, 0.2) is 291 Å². The molecule has 1 aromatic heterocycles. The summed E-state index contributed by atoms with van der Waals surface area (Å²) < 4.78 is 0. The molecule has 12 heteroatoms. The molecule has 0 fully saturated rings. The molecule has 0 radical (unpaired) electrons. The van der Waals surface area contributed by atoms with Crippen molar-refractivity contribution in [3.8, 4) is 34.2 Å². The Kier molecular flexibility index (Phi) is 17.8. The summed E-state index contributed by atoms with van der Waals surface area (Å²) in [5, 5.41) is 0. The third kappa shape index (κ3) is 12.7. The topological polar surface area (TPSA) is 58.1 Å². The average molecular weight is 1630 g/mol. The second kappa shape index (κ2) is 28.7. The molecule has 0 spiro atoms. The van der Waals surface area contributed by atoms with E-state index in [1.54, 1.807) is 0 Å². The van der Waals surface area contributed by atoms with Gasteiger partial charge in [0.05, 0.1) is 0 Å². The number of hydrogen-bond acceptors (Lipinski definition) is 9. The average Bonchev–Trinajstić information content (AvgIpc) is 0.704. The van der Waals surface area contributed by atoms with Gasteiger partial charge in [0.1, 0.15) is 0 Å². The highest BCUT2D eigenvalue weighted by atomic mass is 15.2. The number of aromatic nitrogens is 3. The van der Waals surface area contributed by atoms with Crippen LogP contribution in [-0.4, -0.2) is 35.1 Å². The minimum absolute atomic E-state index is 0.0488. The van der Waals surface area contributed by atoms with Crippen molar-refractivity contribution in [2.75, 3.05) is 29.4 Å². The first-order chi connectivity index (χ1) is 60.5. The van der Waals surface area contributed by atoms with Crippen LogP contribution in [0.3, 0.4) is 0 Å². The van der Waals surface area contributed by atoms with Crippen LogP contribution in [0.5, 0.6) is 0 Å². The van der Waals surface area contributed by atoms with E-state index < -0.39 is 0 Å². The van der Waals surface area contributed by atoms with E-state index in [2.05, 4.69) is 445 Å². The van der Waals surface area contributed by atoms with Gasteiger partial charge in [-0.1, -0.05) is 223 Å². The molecule has 0 saturated heterocycles. The molecule has 0 bridgehead atoms. The van der Waals surface area contributed by atoms with Crippen molar-refractivity contribution in [1.82, 2.24) is 15.0 Å². The van der Waals surface area contributed by atoms with Crippen LogP contribution < -0.4 is 78.6 Å². The second-order valence-electron chi connectivity index (χ2n) is 39.7. The molecule has 7 heterocycles. The highest BCUT2D eigenvalue weighted by Crippen LogP contribution is 2.51. The summed E-state index contributed by atoms with van der Waals surface area (Å²) in [4.78, 5) is 33.1. The number of benzene rings is 15. The number of rotatable bonds is 9. The van der Waals surface area contributed by atoms with E-state index in [9.17, 15) is 0 Å². The molecule has 16 aromatic rings. The minimum Gasteiger partial charge on any atom is -0.311 e. The molecule has 0 amide bonds. The fourth-order valence-electron chi connectivity index (χ4n) is 21.0. The molecule has 126 heavy (non-hydrogen) atoms. The maximum atomic E-state index is 5.98. The third-order valence-electron chi connectivity index (χ3n) is 27.4. The van der Waals surface area contributed by atoms with Gasteiger partial charge in [-0.05, 0) is 325 Å². The lowest BCUT2D eigenvalue weighted by Crippen LogP contribution is -2.61. The Bertz CT molecular complexity index is 6520. The van der Waals surface area contributed by atoms with Crippen molar-refractivity contribution < 1.29 is 0 Å². The molecule has 0 atom stereocenters. The van der Waals surface area contributed by atoms with Crippen molar-refractivity contribution >= 4 is 172 Å². The number of nitrogens with zero attached hydrogens (tertiary/aromatic N) is 9. The second-order valence-corrected chi connectivity index (χ2v) is 39.7. The molecule has 0 aliphatic carbocycles. The van der Waals surface area contributed by atoms with Gasteiger partial charge < -0.3 is 29.4 Å². The van der Waals surface area contributed by atoms with Crippen molar-refractivity contribution in [3.05, 3.63) is 358 Å². The molecular weight excluding hydrogens is 1530 g/mol. The Morgan fingerprint density at radius 3 is 0.571 bits per heavy atom. The minimum atomic E-state index is -0.185. The van der Waals surface area contributed by atoms with Crippen LogP contribution in [0.25, 0.3) is 34.2 Å². The van der Waals surface area contributed by atoms with Crippen molar-refractivity contribution in [1.29, 1.82) is 0 Å². The molecule has 0 N–H and O–H groups in total. The molecule has 6 aliphatic heterocycles. The summed E-state index contributed by atoms with van der Waals surface area (Å²) in [6.07, 6.45) is 0. The molecule has 0 unspecified atom stereocenters. The Morgan fingerprint density at radius 1 is 0.183 bits per heavy atom. The number of fused-ring (bicyclic) bond motifs is 12. The maximum absolute atomic E-state index is 5.98. The number of aryl methyl sites for hydroxylation is 9. The standard InChI is InChI=1S/C114H102B3N9/c1-67-19-37-82(38-20-67)121-94-49-25-70(4)55-88(94)115-91-64-76(28-52-97(91)124(103-61-73(7)58-100(121)106(103)115)85-43-31-79(32-44-85)112(10,11)12)109-118-110(77-29-53-98-92(65-77)116-89-56-71(5)26-50-95(89)122(83-39-21-68(2)22-40-83)101-59-74(8)62-104(107(101)116)125(98)86-45-33-80(34-46-86)113(13,14)15)120-111(119-109)78-30-54-99-93(66-78)117-90-57-72(6)27-51-96(90)123(84-41-23-69(3)24-42-84)102-60-75(9)63-105(108(102)117)126(99)87-47-35-81(36-48-87)114(16,17)18/h19-66H,1-18H3. The van der Waals surface area contributed by atoms with Gasteiger partial charge in [-0.15, -0.1) is 0 Å². The van der Waals surface area contributed by atoms with Gasteiger partial charge in [-0.25, -0.2) is 15.0 Å². The molecule has 612 valence electrons. The largest absolute Gasteiger partial charge is 0.311 e. The SMILES string of the molecule is Cc1ccc(N2c3ccc(C)cc3B3c4cc(-c5nc(-c6ccc7c(c6)B6c8cc(C)ccc8N(c8ccc(C)cc8)c8cc(C)cc(c86)N7c6ccc(C(C)(C)C)cc6)nc(-c6ccc7c(c6)B6c8cc(C)ccc8N(c8ccc(C)cc8)c8cc(C)cc(c86)N7c6ccc(C(C)(C)C)cc6)n5)ccc4N(c4ccc(C(C)(C)C)cc4)c4cc(C)cc2c43)cc1. The van der Waals surface area contributed by atoms with E-state index in [-0.39, 0.29) is 36.4 Å². The monoisotopic (exact) mass is 1630 g/mol. The first-order valence-electron chi connectivity index (χ1n) is 44.8. The lowest BCUT2D eigenvalue weighted by atomic mass is 9.33. The first-order valence-corrected chi connectivity index (χ1v) is 44.8. The van der Waals surface area contributed by atoms with Crippen LogP contribution in [0.1, 0.15) is 129 Å². The normalized spacial score (nSPS) is 13.8. The van der Waals surface area contributed by atoms with Crippen LogP contribution in [0.4, 0.5) is 102 Å². The predicted molar refractivity (Wildman–Crippen MR) is 537 cm³/mol. The van der Waals surface area contributed by atoms with Gasteiger partial charge in [-0.3, -0.25) is 0 Å². The van der Waals surface area contributed by atoms with Crippen LogP contribution in [-0.2, 0) is 16.2 Å². The molecular formula is C114H102B3N9. The zero-order chi connectivity index (χ0) is 86.7. The first kappa shape index (κ1) is 78.3. The van der Waals surface area contributed by atoms with Crippen molar-refractivity contribution in [2.45, 2.75) is 141 Å². The molecule has 22 rings (SSSR count). The predicted octanol–water partition coefficient (Wildman–Crippen LogP) is 23.8. The highest BCUT2D eigenvalue weighted by Gasteiger charge is 2.49. The summed E-state index contributed by atoms with van der Waals surface area (Å²) in [5.41, 5.74) is 48.7. The molecule has 9 nitrogen and oxygen atoms in total. The fourth-order valence-corrected chi connectivity index (χ4v) is 21.0. The van der Waals surface area contributed by atoms with E-state index in [1.807, 2.05) is 0 Å². The van der Waals surface area contributed by atoms with Crippen LogP contribution in [0.2, 0.25) is 0 Å². The number of hydrogen-bond donors (Lipinski definition) is 0. The van der Waals surface area contributed by atoms with Crippen molar-refractivity contribution in [3.63, 3.8) is 0 Å². The van der Waals surface area contributed by atoms with Gasteiger partial charge in [-0.2, -0.15) is 0 Å². The van der Waals surface area contributed by atoms with E-state index >= 15 is 0 Å². The zero-order valence-corrected chi connectivity index (χ0v) is 75.5. The van der Waals surface area contributed by atoms with E-state index in [1.165, 1.54) is 150 Å².